The van der Waals surface area contributed by atoms with Gasteiger partial charge >= 0.3 is 6.03 Å². The van der Waals surface area contributed by atoms with Crippen LogP contribution in [-0.2, 0) is 6.54 Å². The molecule has 1 aliphatic heterocycles. The molecule has 0 radical (unpaired) electrons. The van der Waals surface area contributed by atoms with Crippen LogP contribution in [0.3, 0.4) is 0 Å². The minimum Gasteiger partial charge on any atom is -0.423 e. The highest BCUT2D eigenvalue weighted by Gasteiger charge is 2.28. The highest BCUT2D eigenvalue weighted by atomic mass is 16.4. The number of para-hydroxylation sites is 1. The number of rotatable bonds is 3. The number of nitrogens with zero attached hydrogens (tertiary/aromatic N) is 4. The predicted molar refractivity (Wildman–Crippen MR) is 108 cm³/mol. The number of likely N-dealkylation sites (N-methyl/N-ethyl adjacent to an activating group) is 1. The first-order valence-electron chi connectivity index (χ1n) is 9.39. The molecule has 1 atom stereocenters. The van der Waals surface area contributed by atoms with E-state index >= 15 is 0 Å². The van der Waals surface area contributed by atoms with E-state index in [0.29, 0.717) is 18.1 Å². The van der Waals surface area contributed by atoms with Gasteiger partial charge in [0.1, 0.15) is 0 Å². The maximum Gasteiger partial charge on any atom is 0.322 e. The van der Waals surface area contributed by atoms with Crippen LogP contribution in [0.15, 0.2) is 59.3 Å². The van der Waals surface area contributed by atoms with Gasteiger partial charge in [-0.25, -0.2) is 4.79 Å². The van der Waals surface area contributed by atoms with Crippen molar-refractivity contribution in [3.05, 3.63) is 60.5 Å². The first-order valence-corrected chi connectivity index (χ1v) is 9.39. The van der Waals surface area contributed by atoms with Gasteiger partial charge in [0.25, 0.3) is 0 Å². The van der Waals surface area contributed by atoms with Crippen LogP contribution in [0.5, 0.6) is 0 Å². The van der Waals surface area contributed by atoms with Gasteiger partial charge in [-0.15, -0.1) is 10.2 Å². The zero-order valence-electron chi connectivity index (χ0n) is 16.0. The number of amides is 2. The van der Waals surface area contributed by atoms with Crippen molar-refractivity contribution in [2.24, 2.45) is 0 Å². The Hall–Kier alpha value is -3.35. The smallest absolute Gasteiger partial charge is 0.322 e. The molecule has 7 heteroatoms. The molecule has 0 saturated carbocycles. The number of aromatic nitrogens is 2. The molecule has 0 fully saturated rings. The lowest BCUT2D eigenvalue weighted by atomic mass is 10.1. The summed E-state index contributed by atoms with van der Waals surface area (Å²) < 4.78 is 5.25. The average molecular weight is 377 g/mol. The monoisotopic (exact) mass is 377 g/mol. The third kappa shape index (κ3) is 3.55. The van der Waals surface area contributed by atoms with Gasteiger partial charge < -0.3 is 19.5 Å². The number of hydrogen-bond acceptors (Lipinski definition) is 5. The van der Waals surface area contributed by atoms with E-state index in [1.54, 1.807) is 0 Å². The standard InChI is InChI=1S/C21H23N5O2/c1-3-18-13-25(2)19-10-5-4-7-16(19)12-26(18)21(27)23-17-9-6-8-15(11-17)20-24-22-14-28-20/h4-11,14,18H,3,12-13H2,1-2H3,(H,23,27)/t18-/m0/s1. The lowest BCUT2D eigenvalue weighted by Crippen LogP contribution is -2.45. The molecule has 1 aromatic heterocycles. The second-order valence-corrected chi connectivity index (χ2v) is 6.95. The molecule has 4 rings (SSSR count). The van der Waals surface area contributed by atoms with E-state index < -0.39 is 0 Å². The summed E-state index contributed by atoms with van der Waals surface area (Å²) in [5.41, 5.74) is 3.79. The number of anilines is 2. The van der Waals surface area contributed by atoms with Gasteiger partial charge in [-0.05, 0) is 36.2 Å². The first-order chi connectivity index (χ1) is 13.7. The highest BCUT2D eigenvalue weighted by molar-refractivity contribution is 5.90. The van der Waals surface area contributed by atoms with E-state index in [1.165, 1.54) is 12.1 Å². The quantitative estimate of drug-likeness (QED) is 0.747. The molecule has 1 N–H and O–H groups in total. The fourth-order valence-electron chi connectivity index (χ4n) is 3.65. The maximum atomic E-state index is 13.1. The number of nitrogens with one attached hydrogen (secondary N) is 1. The third-order valence-electron chi connectivity index (χ3n) is 5.12. The molecular formula is C21H23N5O2. The minimum absolute atomic E-state index is 0.111. The topological polar surface area (TPSA) is 74.5 Å². The van der Waals surface area contributed by atoms with E-state index in [9.17, 15) is 4.79 Å². The Kier molecular flexibility index (Phi) is 4.97. The summed E-state index contributed by atoms with van der Waals surface area (Å²) in [6.07, 6.45) is 2.17. The van der Waals surface area contributed by atoms with Crippen LogP contribution in [0, 0.1) is 0 Å². The van der Waals surface area contributed by atoms with E-state index in [4.69, 9.17) is 4.42 Å². The van der Waals surface area contributed by atoms with Gasteiger partial charge in [0.15, 0.2) is 0 Å². The number of urea groups is 1. The summed E-state index contributed by atoms with van der Waals surface area (Å²) in [5.74, 6) is 0.424. The molecule has 2 aromatic carbocycles. The SMILES string of the molecule is CC[C@H]1CN(C)c2ccccc2CN1C(=O)Nc1cccc(-c2nnco2)c1. The van der Waals surface area contributed by atoms with E-state index in [-0.39, 0.29) is 12.1 Å². The molecule has 144 valence electrons. The van der Waals surface area contributed by atoms with Gasteiger partial charge in [0, 0.05) is 37.1 Å². The molecule has 28 heavy (non-hydrogen) atoms. The highest BCUT2D eigenvalue weighted by Crippen LogP contribution is 2.28. The van der Waals surface area contributed by atoms with Crippen molar-refractivity contribution in [3.63, 3.8) is 0 Å². The van der Waals surface area contributed by atoms with Crippen molar-refractivity contribution in [2.45, 2.75) is 25.9 Å². The second kappa shape index (κ2) is 7.72. The lowest BCUT2D eigenvalue weighted by molar-refractivity contribution is 0.185. The van der Waals surface area contributed by atoms with Gasteiger partial charge in [0.2, 0.25) is 12.3 Å². The molecule has 2 amide bonds. The number of fused-ring (bicyclic) bond motifs is 1. The van der Waals surface area contributed by atoms with Gasteiger partial charge in [-0.2, -0.15) is 0 Å². The molecule has 0 unspecified atom stereocenters. The molecule has 2 heterocycles. The van der Waals surface area contributed by atoms with Crippen LogP contribution in [0.25, 0.3) is 11.5 Å². The van der Waals surface area contributed by atoms with Crippen LogP contribution < -0.4 is 10.2 Å². The molecule has 0 bridgehead atoms. The van der Waals surface area contributed by atoms with Crippen molar-refractivity contribution < 1.29 is 9.21 Å². The Bertz CT molecular complexity index is 957. The maximum absolute atomic E-state index is 13.1. The molecule has 0 saturated heterocycles. The number of carbonyl (C=O) groups is 1. The Morgan fingerprint density at radius 2 is 2.11 bits per heavy atom. The summed E-state index contributed by atoms with van der Waals surface area (Å²) >= 11 is 0. The lowest BCUT2D eigenvalue weighted by Gasteiger charge is -2.30. The summed E-state index contributed by atoms with van der Waals surface area (Å²) in [5, 5.41) is 10.7. The third-order valence-corrected chi connectivity index (χ3v) is 5.12. The Balaban J connectivity index is 1.57. The minimum atomic E-state index is -0.111. The summed E-state index contributed by atoms with van der Waals surface area (Å²) in [4.78, 5) is 17.3. The Labute approximate surface area is 164 Å². The molecule has 1 aliphatic rings. The molecule has 0 aliphatic carbocycles. The van der Waals surface area contributed by atoms with Crippen molar-refractivity contribution in [2.75, 3.05) is 23.8 Å². The largest absolute Gasteiger partial charge is 0.423 e. The van der Waals surface area contributed by atoms with Crippen LogP contribution in [0.4, 0.5) is 16.2 Å². The summed E-state index contributed by atoms with van der Waals surface area (Å²) in [7, 11) is 2.08. The molecule has 0 spiro atoms. The Morgan fingerprint density at radius 3 is 2.89 bits per heavy atom. The predicted octanol–water partition coefficient (Wildman–Crippen LogP) is 4.00. The fourth-order valence-corrected chi connectivity index (χ4v) is 3.65. The Morgan fingerprint density at radius 1 is 1.25 bits per heavy atom. The summed E-state index contributed by atoms with van der Waals surface area (Å²) in [6.45, 7) is 3.49. The zero-order valence-corrected chi connectivity index (χ0v) is 16.0. The number of hydrogen-bond donors (Lipinski definition) is 1. The van der Waals surface area contributed by atoms with E-state index in [2.05, 4.69) is 46.5 Å². The fraction of sp³-hybridized carbons (Fsp3) is 0.286. The molecule has 7 nitrogen and oxygen atoms in total. The van der Waals surface area contributed by atoms with Gasteiger partial charge in [-0.3, -0.25) is 0 Å². The van der Waals surface area contributed by atoms with Gasteiger partial charge in [0.05, 0.1) is 6.04 Å². The zero-order chi connectivity index (χ0) is 19.5. The summed E-state index contributed by atoms with van der Waals surface area (Å²) in [6, 6.07) is 15.7. The number of carbonyl (C=O) groups excluding carboxylic acids is 1. The first kappa shape index (κ1) is 18.0. The van der Waals surface area contributed by atoms with E-state index in [0.717, 1.165) is 24.1 Å². The second-order valence-electron chi connectivity index (χ2n) is 6.95. The van der Waals surface area contributed by atoms with Crippen LogP contribution in [0.1, 0.15) is 18.9 Å². The van der Waals surface area contributed by atoms with Crippen molar-refractivity contribution >= 4 is 17.4 Å². The van der Waals surface area contributed by atoms with Crippen LogP contribution in [-0.4, -0.2) is 40.8 Å². The van der Waals surface area contributed by atoms with Crippen molar-refractivity contribution in [1.82, 2.24) is 15.1 Å². The van der Waals surface area contributed by atoms with Crippen molar-refractivity contribution in [3.8, 4) is 11.5 Å². The number of benzene rings is 2. The van der Waals surface area contributed by atoms with Crippen LogP contribution in [0.2, 0.25) is 0 Å². The average Bonchev–Trinajstić information content (AvgIpc) is 3.21. The molecular weight excluding hydrogens is 354 g/mol. The molecule has 3 aromatic rings. The van der Waals surface area contributed by atoms with Gasteiger partial charge in [-0.1, -0.05) is 31.2 Å². The van der Waals surface area contributed by atoms with Crippen molar-refractivity contribution in [1.29, 1.82) is 0 Å². The van der Waals surface area contributed by atoms with Crippen LogP contribution >= 0.6 is 0 Å². The van der Waals surface area contributed by atoms with E-state index in [1.807, 2.05) is 41.3 Å². The normalized spacial score (nSPS) is 16.4.